The number of pyridine rings is 1. The second-order valence-electron chi connectivity index (χ2n) is 5.78. The summed E-state index contributed by atoms with van der Waals surface area (Å²) < 4.78 is 0. The molecule has 1 aliphatic rings. The number of carbonyl (C=O) groups is 1. The summed E-state index contributed by atoms with van der Waals surface area (Å²) in [6.07, 6.45) is 6.41. The van der Waals surface area contributed by atoms with Gasteiger partial charge in [0.25, 0.3) is 0 Å². The first kappa shape index (κ1) is 15.2. The Balaban J connectivity index is 2.05. The van der Waals surface area contributed by atoms with E-state index in [2.05, 4.69) is 26.7 Å². The zero-order valence-corrected chi connectivity index (χ0v) is 13.4. The zero-order chi connectivity index (χ0) is 15.5. The van der Waals surface area contributed by atoms with Crippen LogP contribution < -0.4 is 0 Å². The fourth-order valence-corrected chi connectivity index (χ4v) is 3.98. The number of hydrogen-bond acceptors (Lipinski definition) is 4. The van der Waals surface area contributed by atoms with Crippen LogP contribution in [0.1, 0.15) is 42.0 Å². The Labute approximate surface area is 134 Å². The molecule has 2 aromatic rings. The topological polar surface area (TPSA) is 53.4 Å². The molecule has 2 unspecified atom stereocenters. The van der Waals surface area contributed by atoms with E-state index in [4.69, 9.17) is 0 Å². The Morgan fingerprint density at radius 3 is 3.00 bits per heavy atom. The summed E-state index contributed by atoms with van der Waals surface area (Å²) in [6, 6.07) is 3.70. The first-order chi connectivity index (χ1) is 10.7. The molecular weight excluding hydrogens is 296 g/mol. The molecular formula is C17H20N2O2S. The van der Waals surface area contributed by atoms with E-state index in [1.165, 1.54) is 5.56 Å². The van der Waals surface area contributed by atoms with E-state index in [0.717, 1.165) is 36.9 Å². The molecule has 3 heterocycles. The minimum absolute atomic E-state index is 0.00403. The molecule has 0 bridgehead atoms. The van der Waals surface area contributed by atoms with Crippen LogP contribution in [-0.4, -0.2) is 33.5 Å². The van der Waals surface area contributed by atoms with Crippen molar-refractivity contribution in [2.45, 2.75) is 38.3 Å². The number of carboxylic acid groups (broad SMARTS) is 1. The van der Waals surface area contributed by atoms with Crippen molar-refractivity contribution in [3.05, 3.63) is 52.0 Å². The molecule has 5 heteroatoms. The number of rotatable bonds is 4. The maximum absolute atomic E-state index is 11.7. The van der Waals surface area contributed by atoms with Crippen LogP contribution >= 0.6 is 11.3 Å². The number of aryl methyl sites for hydroxylation is 1. The fourth-order valence-electron chi connectivity index (χ4n) is 3.30. The van der Waals surface area contributed by atoms with Gasteiger partial charge in [0.2, 0.25) is 0 Å². The minimum Gasteiger partial charge on any atom is -0.480 e. The summed E-state index contributed by atoms with van der Waals surface area (Å²) in [5.74, 6) is -0.716. The maximum Gasteiger partial charge on any atom is 0.320 e. The van der Waals surface area contributed by atoms with Crippen LogP contribution in [0.25, 0.3) is 0 Å². The summed E-state index contributed by atoms with van der Waals surface area (Å²) in [6.45, 7) is 2.86. The van der Waals surface area contributed by atoms with Crippen LogP contribution in [0.3, 0.4) is 0 Å². The second kappa shape index (κ2) is 6.58. The highest BCUT2D eigenvalue weighted by Gasteiger charge is 2.35. The van der Waals surface area contributed by atoms with Crippen molar-refractivity contribution in [3.63, 3.8) is 0 Å². The normalized spacial score (nSPS) is 20.7. The number of hydrogen-bond donors (Lipinski definition) is 1. The first-order valence-electron chi connectivity index (χ1n) is 7.59. The molecule has 0 aliphatic carbocycles. The van der Waals surface area contributed by atoms with Crippen molar-refractivity contribution < 1.29 is 9.90 Å². The largest absolute Gasteiger partial charge is 0.480 e. The van der Waals surface area contributed by atoms with Gasteiger partial charge in [-0.05, 0) is 65.9 Å². The molecule has 116 valence electrons. The van der Waals surface area contributed by atoms with Crippen molar-refractivity contribution in [1.82, 2.24) is 9.88 Å². The number of aromatic nitrogens is 1. The molecule has 4 nitrogen and oxygen atoms in total. The second-order valence-corrected chi connectivity index (χ2v) is 6.56. The molecule has 2 aromatic heterocycles. The first-order valence-corrected chi connectivity index (χ1v) is 8.54. The van der Waals surface area contributed by atoms with Gasteiger partial charge in [-0.15, -0.1) is 0 Å². The van der Waals surface area contributed by atoms with Gasteiger partial charge in [0.05, 0.1) is 6.04 Å². The number of likely N-dealkylation sites (tertiary alicyclic amines) is 1. The third-order valence-corrected chi connectivity index (χ3v) is 5.08. The number of aliphatic carboxylic acids is 1. The van der Waals surface area contributed by atoms with Crippen LogP contribution in [0.2, 0.25) is 0 Å². The quantitative estimate of drug-likeness (QED) is 0.938. The molecule has 1 aliphatic heterocycles. The van der Waals surface area contributed by atoms with E-state index < -0.39 is 12.0 Å². The van der Waals surface area contributed by atoms with E-state index in [-0.39, 0.29) is 6.04 Å². The van der Waals surface area contributed by atoms with E-state index in [0.29, 0.717) is 0 Å². The monoisotopic (exact) mass is 316 g/mol. The van der Waals surface area contributed by atoms with E-state index in [9.17, 15) is 9.90 Å². The van der Waals surface area contributed by atoms with Crippen molar-refractivity contribution in [3.8, 4) is 0 Å². The fraction of sp³-hybridized carbons (Fsp3) is 0.412. The van der Waals surface area contributed by atoms with Gasteiger partial charge in [-0.1, -0.05) is 6.42 Å². The summed E-state index contributed by atoms with van der Waals surface area (Å²) in [5, 5.41) is 13.8. The standard InChI is InChI=1S/C17H20N2O2S/c1-12-10-18-7-5-14(12)16(13-6-9-22-11-13)19-8-3-2-4-15(19)17(20)21/h5-7,9-11,15-16H,2-4,8H2,1H3,(H,20,21). The van der Waals surface area contributed by atoms with Crippen LogP contribution in [0.4, 0.5) is 0 Å². The number of carboxylic acids is 1. The SMILES string of the molecule is Cc1cnccc1C(c1ccsc1)N1CCCCC1C(=O)O. The Bertz CT molecular complexity index is 642. The average molecular weight is 316 g/mol. The smallest absolute Gasteiger partial charge is 0.320 e. The van der Waals surface area contributed by atoms with Gasteiger partial charge in [-0.3, -0.25) is 14.7 Å². The van der Waals surface area contributed by atoms with Gasteiger partial charge in [0.15, 0.2) is 0 Å². The molecule has 0 amide bonds. The highest BCUT2D eigenvalue weighted by atomic mass is 32.1. The summed E-state index contributed by atoms with van der Waals surface area (Å²) in [5.41, 5.74) is 3.43. The summed E-state index contributed by atoms with van der Waals surface area (Å²) in [4.78, 5) is 18.0. The van der Waals surface area contributed by atoms with Gasteiger partial charge in [-0.2, -0.15) is 11.3 Å². The lowest BCUT2D eigenvalue weighted by Crippen LogP contribution is -2.46. The van der Waals surface area contributed by atoms with Gasteiger partial charge in [0.1, 0.15) is 6.04 Å². The van der Waals surface area contributed by atoms with Crippen LogP contribution in [0.15, 0.2) is 35.3 Å². The zero-order valence-electron chi connectivity index (χ0n) is 12.6. The van der Waals surface area contributed by atoms with Crippen LogP contribution in [0, 0.1) is 6.92 Å². The minimum atomic E-state index is -0.716. The van der Waals surface area contributed by atoms with Crippen molar-refractivity contribution in [1.29, 1.82) is 0 Å². The van der Waals surface area contributed by atoms with Crippen molar-refractivity contribution in [2.24, 2.45) is 0 Å². The Morgan fingerprint density at radius 1 is 1.45 bits per heavy atom. The summed E-state index contributed by atoms with van der Waals surface area (Å²) in [7, 11) is 0. The molecule has 2 atom stereocenters. The van der Waals surface area contributed by atoms with Crippen molar-refractivity contribution >= 4 is 17.3 Å². The molecule has 3 rings (SSSR count). The number of nitrogens with zero attached hydrogens (tertiary/aromatic N) is 2. The number of piperidine rings is 1. The van der Waals surface area contributed by atoms with Crippen molar-refractivity contribution in [2.75, 3.05) is 6.54 Å². The highest BCUT2D eigenvalue weighted by molar-refractivity contribution is 7.08. The van der Waals surface area contributed by atoms with E-state index >= 15 is 0 Å². The maximum atomic E-state index is 11.7. The third-order valence-electron chi connectivity index (χ3n) is 4.38. The molecule has 0 saturated carbocycles. The average Bonchev–Trinajstić information content (AvgIpc) is 3.04. The van der Waals surface area contributed by atoms with Crippen LogP contribution in [0.5, 0.6) is 0 Å². The lowest BCUT2D eigenvalue weighted by Gasteiger charge is -2.39. The third kappa shape index (κ3) is 2.91. The lowest BCUT2D eigenvalue weighted by molar-refractivity contribution is -0.145. The molecule has 1 N–H and O–H groups in total. The molecule has 22 heavy (non-hydrogen) atoms. The number of thiophene rings is 1. The lowest BCUT2D eigenvalue weighted by atomic mass is 9.91. The Kier molecular flexibility index (Phi) is 4.55. The Hall–Kier alpha value is -1.72. The molecule has 0 spiro atoms. The van der Waals surface area contributed by atoms with Gasteiger partial charge < -0.3 is 5.11 Å². The van der Waals surface area contributed by atoms with Gasteiger partial charge in [0, 0.05) is 12.4 Å². The predicted molar refractivity (Wildman–Crippen MR) is 87.1 cm³/mol. The predicted octanol–water partition coefficient (Wildman–Crippen LogP) is 3.48. The van der Waals surface area contributed by atoms with E-state index in [1.54, 1.807) is 17.5 Å². The van der Waals surface area contributed by atoms with Gasteiger partial charge >= 0.3 is 5.97 Å². The Morgan fingerprint density at radius 2 is 2.32 bits per heavy atom. The molecule has 1 saturated heterocycles. The van der Waals surface area contributed by atoms with Gasteiger partial charge in [-0.25, -0.2) is 0 Å². The molecule has 0 radical (unpaired) electrons. The highest BCUT2D eigenvalue weighted by Crippen LogP contribution is 2.36. The molecule has 0 aromatic carbocycles. The van der Waals surface area contributed by atoms with Crippen LogP contribution in [-0.2, 0) is 4.79 Å². The summed E-state index contributed by atoms with van der Waals surface area (Å²) >= 11 is 1.65. The molecule has 1 fully saturated rings. The van der Waals surface area contributed by atoms with E-state index in [1.807, 2.05) is 19.2 Å².